The average molecular weight is 418 g/mol. The molecule has 1 saturated heterocycles. The Balaban J connectivity index is 1.89. The number of hydrogen-bond acceptors (Lipinski definition) is 6. The van der Waals surface area contributed by atoms with Crippen LogP contribution in [0.4, 0.5) is 0 Å². The van der Waals surface area contributed by atoms with Crippen LogP contribution >= 0.6 is 11.6 Å². The third kappa shape index (κ3) is 5.59. The quantitative estimate of drug-likeness (QED) is 0.657. The summed E-state index contributed by atoms with van der Waals surface area (Å²) < 4.78 is 33.8. The lowest BCUT2D eigenvalue weighted by Crippen LogP contribution is -2.44. The summed E-state index contributed by atoms with van der Waals surface area (Å²) in [6.07, 6.45) is -0.634. The van der Waals surface area contributed by atoms with Crippen LogP contribution in [0.1, 0.15) is 24.5 Å². The summed E-state index contributed by atoms with van der Waals surface area (Å²) >= 11 is 5.96. The van der Waals surface area contributed by atoms with Crippen molar-refractivity contribution in [1.29, 1.82) is 0 Å². The van der Waals surface area contributed by atoms with Crippen molar-refractivity contribution in [2.24, 2.45) is 0 Å². The Morgan fingerprint density at radius 3 is 2.41 bits per heavy atom. The molecule has 0 unspecified atom stereocenters. The summed E-state index contributed by atoms with van der Waals surface area (Å²) in [6, 6.07) is 3.07. The van der Waals surface area contributed by atoms with Gasteiger partial charge in [0.15, 0.2) is 22.5 Å². The van der Waals surface area contributed by atoms with Gasteiger partial charge in [-0.05, 0) is 50.5 Å². The molecule has 1 aromatic carbocycles. The number of rotatable bonds is 6. The predicted molar refractivity (Wildman–Crippen MR) is 102 cm³/mol. The first-order chi connectivity index (χ1) is 12.5. The van der Waals surface area contributed by atoms with Crippen LogP contribution in [0.2, 0.25) is 5.02 Å². The summed E-state index contributed by atoms with van der Waals surface area (Å²) in [5.74, 6) is -0.574. The van der Waals surface area contributed by atoms with E-state index < -0.39 is 27.8 Å². The molecule has 0 aliphatic carbocycles. The smallest absolute Gasteiger partial charge is 0.344 e. The van der Waals surface area contributed by atoms with Gasteiger partial charge in [-0.1, -0.05) is 11.6 Å². The van der Waals surface area contributed by atoms with Gasteiger partial charge in [0.25, 0.3) is 5.91 Å². The van der Waals surface area contributed by atoms with Crippen molar-refractivity contribution in [2.75, 3.05) is 25.2 Å². The molecule has 1 heterocycles. The van der Waals surface area contributed by atoms with Crippen LogP contribution in [0.15, 0.2) is 12.1 Å². The number of aryl methyl sites for hydroxylation is 2. The first-order valence-electron chi connectivity index (χ1n) is 8.56. The van der Waals surface area contributed by atoms with E-state index in [9.17, 15) is 18.0 Å². The highest BCUT2D eigenvalue weighted by atomic mass is 35.5. The third-order valence-electron chi connectivity index (χ3n) is 4.52. The second kappa shape index (κ2) is 8.48. The standard InChI is InChI=1S/C18H24ClNO6S/c1-11-7-14(19)8-12(2)17(11)25-9-16(21)26-13(3)18(22)20(4)15-5-6-27(23,24)10-15/h7-8,13,15H,5-6,9-10H2,1-4H3/t13-,15-/m0/s1. The van der Waals surface area contributed by atoms with E-state index in [1.807, 2.05) is 13.8 Å². The molecule has 2 atom stereocenters. The van der Waals surface area contributed by atoms with E-state index in [-0.39, 0.29) is 24.2 Å². The van der Waals surface area contributed by atoms with Gasteiger partial charge in [-0.2, -0.15) is 0 Å². The van der Waals surface area contributed by atoms with E-state index in [0.717, 1.165) is 11.1 Å². The van der Waals surface area contributed by atoms with E-state index in [4.69, 9.17) is 21.1 Å². The summed E-state index contributed by atoms with van der Waals surface area (Å²) in [5, 5.41) is 0.580. The van der Waals surface area contributed by atoms with Crippen LogP contribution in [-0.4, -0.2) is 62.5 Å². The van der Waals surface area contributed by atoms with E-state index in [1.165, 1.54) is 18.9 Å². The van der Waals surface area contributed by atoms with Crippen molar-refractivity contribution in [3.05, 3.63) is 28.3 Å². The molecule has 150 valence electrons. The van der Waals surface area contributed by atoms with Crippen LogP contribution in [0, 0.1) is 13.8 Å². The monoisotopic (exact) mass is 417 g/mol. The van der Waals surface area contributed by atoms with E-state index >= 15 is 0 Å². The van der Waals surface area contributed by atoms with Gasteiger partial charge in [0, 0.05) is 18.1 Å². The van der Waals surface area contributed by atoms with E-state index in [2.05, 4.69) is 0 Å². The van der Waals surface area contributed by atoms with Crippen molar-refractivity contribution in [2.45, 2.75) is 39.3 Å². The molecule has 0 saturated carbocycles. The molecule has 9 heteroatoms. The fourth-order valence-electron chi connectivity index (χ4n) is 3.09. The number of halogens is 1. The molecule has 0 radical (unpaired) electrons. The minimum Gasteiger partial charge on any atom is -0.481 e. The lowest BCUT2D eigenvalue weighted by molar-refractivity contribution is -0.160. The maximum Gasteiger partial charge on any atom is 0.344 e. The maximum atomic E-state index is 12.4. The third-order valence-corrected chi connectivity index (χ3v) is 6.49. The summed E-state index contributed by atoms with van der Waals surface area (Å²) in [6.45, 7) is 4.74. The van der Waals surface area contributed by atoms with Gasteiger partial charge in [0.05, 0.1) is 11.5 Å². The highest BCUT2D eigenvalue weighted by Gasteiger charge is 2.34. The van der Waals surface area contributed by atoms with Crippen molar-refractivity contribution >= 4 is 33.3 Å². The van der Waals surface area contributed by atoms with Gasteiger partial charge in [0.2, 0.25) is 0 Å². The lowest BCUT2D eigenvalue weighted by atomic mass is 10.1. The largest absolute Gasteiger partial charge is 0.481 e. The first-order valence-corrected chi connectivity index (χ1v) is 10.8. The minimum absolute atomic E-state index is 0.0614. The van der Waals surface area contributed by atoms with E-state index in [0.29, 0.717) is 17.2 Å². The molecule has 1 fully saturated rings. The maximum absolute atomic E-state index is 12.4. The van der Waals surface area contributed by atoms with Crippen LogP contribution < -0.4 is 4.74 Å². The predicted octanol–water partition coefficient (Wildman–Crippen LogP) is 1.91. The number of amides is 1. The topological polar surface area (TPSA) is 90.0 Å². The molecule has 0 aromatic heterocycles. The summed E-state index contributed by atoms with van der Waals surface area (Å²) in [5.41, 5.74) is 1.58. The lowest BCUT2D eigenvalue weighted by Gasteiger charge is -2.26. The number of esters is 1. The van der Waals surface area contributed by atoms with Gasteiger partial charge in [-0.25, -0.2) is 13.2 Å². The molecule has 1 aliphatic heterocycles. The fourth-order valence-corrected chi connectivity index (χ4v) is 5.19. The van der Waals surface area contributed by atoms with E-state index in [1.54, 1.807) is 12.1 Å². The van der Waals surface area contributed by atoms with Crippen LogP contribution in [0.5, 0.6) is 5.75 Å². The van der Waals surface area contributed by atoms with Gasteiger partial charge >= 0.3 is 5.97 Å². The number of likely N-dealkylation sites (N-methyl/N-ethyl adjacent to an activating group) is 1. The van der Waals surface area contributed by atoms with Crippen LogP contribution in [-0.2, 0) is 24.2 Å². The van der Waals surface area contributed by atoms with Gasteiger partial charge < -0.3 is 14.4 Å². The number of sulfone groups is 1. The summed E-state index contributed by atoms with van der Waals surface area (Å²) in [7, 11) is -1.58. The molecular weight excluding hydrogens is 394 g/mol. The molecular formula is C18H24ClNO6S. The van der Waals surface area contributed by atoms with Gasteiger partial charge in [0.1, 0.15) is 5.75 Å². The van der Waals surface area contributed by atoms with Crippen LogP contribution in [0.25, 0.3) is 0 Å². The Morgan fingerprint density at radius 1 is 1.30 bits per heavy atom. The Bertz CT molecular complexity index is 815. The van der Waals surface area contributed by atoms with Crippen molar-refractivity contribution in [3.8, 4) is 5.75 Å². The molecule has 0 bridgehead atoms. The molecule has 7 nitrogen and oxygen atoms in total. The molecule has 0 spiro atoms. The number of carbonyl (C=O) groups is 2. The van der Waals surface area contributed by atoms with Gasteiger partial charge in [-0.15, -0.1) is 0 Å². The zero-order valence-electron chi connectivity index (χ0n) is 15.8. The molecule has 27 heavy (non-hydrogen) atoms. The average Bonchev–Trinajstić information content (AvgIpc) is 2.92. The SMILES string of the molecule is Cc1cc(Cl)cc(C)c1OCC(=O)O[C@@H](C)C(=O)N(C)[C@H]1CCS(=O)(=O)C1. The number of hydrogen-bond donors (Lipinski definition) is 0. The molecule has 1 aliphatic rings. The Kier molecular flexibility index (Phi) is 6.75. The number of carbonyl (C=O) groups excluding carboxylic acids is 2. The second-order valence-corrected chi connectivity index (χ2v) is 9.46. The highest BCUT2D eigenvalue weighted by Crippen LogP contribution is 2.27. The highest BCUT2D eigenvalue weighted by molar-refractivity contribution is 7.91. The minimum atomic E-state index is -3.10. The van der Waals surface area contributed by atoms with Crippen molar-refractivity contribution < 1.29 is 27.5 Å². The van der Waals surface area contributed by atoms with Crippen LogP contribution in [0.3, 0.4) is 0 Å². The normalized spacial score (nSPS) is 19.4. The first kappa shape index (κ1) is 21.5. The molecule has 0 N–H and O–H groups in total. The summed E-state index contributed by atoms with van der Waals surface area (Å²) in [4.78, 5) is 25.8. The molecule has 1 amide bonds. The Morgan fingerprint density at radius 2 is 1.89 bits per heavy atom. The molecule has 2 rings (SSSR count). The van der Waals surface area contributed by atoms with Crippen molar-refractivity contribution in [1.82, 2.24) is 4.90 Å². The zero-order chi connectivity index (χ0) is 20.4. The second-order valence-electron chi connectivity index (χ2n) is 6.80. The fraction of sp³-hybridized carbons (Fsp3) is 0.556. The number of benzene rings is 1. The number of ether oxygens (including phenoxy) is 2. The van der Waals surface area contributed by atoms with Crippen molar-refractivity contribution in [3.63, 3.8) is 0 Å². The Labute approximate surface area is 164 Å². The van der Waals surface area contributed by atoms with Gasteiger partial charge in [-0.3, -0.25) is 4.79 Å². The Hall–Kier alpha value is -1.80. The number of nitrogens with zero attached hydrogens (tertiary/aromatic N) is 1. The molecule has 1 aromatic rings. The zero-order valence-corrected chi connectivity index (χ0v) is 17.4.